The SMILES string of the molecule is CCC(NCC(C)CN1CCCC1)c1cc(Br)ccc1O. The largest absolute Gasteiger partial charge is 0.508 e. The number of rotatable bonds is 7. The number of nitrogens with zero attached hydrogens (tertiary/aromatic N) is 1. The highest BCUT2D eigenvalue weighted by atomic mass is 79.9. The highest BCUT2D eigenvalue weighted by Gasteiger charge is 2.17. The Balaban J connectivity index is 1.88. The summed E-state index contributed by atoms with van der Waals surface area (Å²) in [6.45, 7) is 9.14. The zero-order valence-electron chi connectivity index (χ0n) is 13.1. The summed E-state index contributed by atoms with van der Waals surface area (Å²) in [7, 11) is 0. The van der Waals surface area contributed by atoms with Gasteiger partial charge in [0.15, 0.2) is 0 Å². The molecule has 0 amide bonds. The molecule has 1 aliphatic rings. The van der Waals surface area contributed by atoms with Gasteiger partial charge in [-0.15, -0.1) is 0 Å². The van der Waals surface area contributed by atoms with Crippen LogP contribution >= 0.6 is 15.9 Å². The van der Waals surface area contributed by atoms with Crippen molar-refractivity contribution in [2.75, 3.05) is 26.2 Å². The van der Waals surface area contributed by atoms with Crippen LogP contribution in [-0.4, -0.2) is 36.2 Å². The molecule has 21 heavy (non-hydrogen) atoms. The molecule has 0 spiro atoms. The van der Waals surface area contributed by atoms with Gasteiger partial charge in [-0.25, -0.2) is 0 Å². The lowest BCUT2D eigenvalue weighted by molar-refractivity contribution is 0.276. The summed E-state index contributed by atoms with van der Waals surface area (Å²) in [4.78, 5) is 2.56. The van der Waals surface area contributed by atoms with Crippen LogP contribution in [0.15, 0.2) is 22.7 Å². The van der Waals surface area contributed by atoms with Gasteiger partial charge in [-0.3, -0.25) is 0 Å². The van der Waals surface area contributed by atoms with Crippen molar-refractivity contribution in [3.8, 4) is 5.75 Å². The van der Waals surface area contributed by atoms with Crippen molar-refractivity contribution in [3.63, 3.8) is 0 Å². The van der Waals surface area contributed by atoms with Gasteiger partial charge in [0, 0.05) is 22.6 Å². The van der Waals surface area contributed by atoms with Crippen molar-refractivity contribution in [2.24, 2.45) is 5.92 Å². The van der Waals surface area contributed by atoms with E-state index < -0.39 is 0 Å². The first kappa shape index (κ1) is 16.8. The van der Waals surface area contributed by atoms with Gasteiger partial charge in [0.1, 0.15) is 5.75 Å². The Morgan fingerprint density at radius 2 is 2.05 bits per heavy atom. The van der Waals surface area contributed by atoms with E-state index >= 15 is 0 Å². The fourth-order valence-electron chi connectivity index (χ4n) is 3.09. The Kier molecular flexibility index (Phi) is 6.52. The van der Waals surface area contributed by atoms with Crippen molar-refractivity contribution in [3.05, 3.63) is 28.2 Å². The van der Waals surface area contributed by atoms with Crippen LogP contribution in [0.2, 0.25) is 0 Å². The summed E-state index contributed by atoms with van der Waals surface area (Å²) in [6.07, 6.45) is 3.67. The van der Waals surface area contributed by atoms with E-state index in [1.54, 1.807) is 6.07 Å². The van der Waals surface area contributed by atoms with Crippen LogP contribution in [0, 0.1) is 5.92 Å². The van der Waals surface area contributed by atoms with Crippen molar-refractivity contribution >= 4 is 15.9 Å². The molecule has 1 fully saturated rings. The molecule has 1 heterocycles. The first-order chi connectivity index (χ1) is 10.1. The molecule has 2 N–H and O–H groups in total. The molecule has 1 aromatic rings. The Morgan fingerprint density at radius 3 is 2.71 bits per heavy atom. The molecule has 2 rings (SSSR count). The van der Waals surface area contributed by atoms with Crippen molar-refractivity contribution in [1.82, 2.24) is 10.2 Å². The maximum Gasteiger partial charge on any atom is 0.120 e. The quantitative estimate of drug-likeness (QED) is 0.778. The van der Waals surface area contributed by atoms with Crippen LogP contribution in [0.25, 0.3) is 0 Å². The first-order valence-corrected chi connectivity index (χ1v) is 8.83. The molecular weight excluding hydrogens is 328 g/mol. The molecule has 0 saturated carbocycles. The van der Waals surface area contributed by atoms with Gasteiger partial charge >= 0.3 is 0 Å². The second-order valence-corrected chi connectivity index (χ2v) is 7.10. The van der Waals surface area contributed by atoms with E-state index in [0.29, 0.717) is 11.7 Å². The fourth-order valence-corrected chi connectivity index (χ4v) is 3.47. The highest BCUT2D eigenvalue weighted by molar-refractivity contribution is 9.10. The number of likely N-dealkylation sites (tertiary alicyclic amines) is 1. The number of halogens is 1. The average molecular weight is 355 g/mol. The Morgan fingerprint density at radius 1 is 1.33 bits per heavy atom. The zero-order valence-corrected chi connectivity index (χ0v) is 14.7. The lowest BCUT2D eigenvalue weighted by Crippen LogP contribution is -2.33. The number of nitrogens with one attached hydrogen (secondary N) is 1. The Bertz CT molecular complexity index is 446. The summed E-state index contributed by atoms with van der Waals surface area (Å²) in [5.74, 6) is 1.01. The van der Waals surface area contributed by atoms with Crippen LogP contribution in [-0.2, 0) is 0 Å². The van der Waals surface area contributed by atoms with Crippen LogP contribution in [0.4, 0.5) is 0 Å². The minimum absolute atomic E-state index is 0.212. The predicted molar refractivity (Wildman–Crippen MR) is 91.7 cm³/mol. The molecule has 3 nitrogen and oxygen atoms in total. The topological polar surface area (TPSA) is 35.5 Å². The van der Waals surface area contributed by atoms with E-state index in [9.17, 15) is 5.11 Å². The van der Waals surface area contributed by atoms with Gasteiger partial charge in [-0.1, -0.05) is 29.8 Å². The molecule has 2 atom stereocenters. The Hall–Kier alpha value is -0.580. The molecule has 1 saturated heterocycles. The van der Waals surface area contributed by atoms with Gasteiger partial charge in [0.05, 0.1) is 0 Å². The first-order valence-electron chi connectivity index (χ1n) is 8.04. The number of aromatic hydroxyl groups is 1. The summed E-state index contributed by atoms with van der Waals surface area (Å²) in [5.41, 5.74) is 0.986. The molecule has 0 aliphatic carbocycles. The molecule has 0 aromatic heterocycles. The molecule has 2 unspecified atom stereocenters. The third-order valence-corrected chi connectivity index (χ3v) is 4.75. The molecule has 0 radical (unpaired) electrons. The third kappa shape index (κ3) is 4.97. The predicted octanol–water partition coefficient (Wildman–Crippen LogP) is 3.93. The van der Waals surface area contributed by atoms with Crippen molar-refractivity contribution in [1.29, 1.82) is 0 Å². The third-order valence-electron chi connectivity index (χ3n) is 4.25. The second kappa shape index (κ2) is 8.16. The number of phenolic OH excluding ortho intramolecular Hbond substituents is 1. The van der Waals surface area contributed by atoms with Gasteiger partial charge in [0.25, 0.3) is 0 Å². The number of hydrogen-bond donors (Lipinski definition) is 2. The van der Waals surface area contributed by atoms with Crippen LogP contribution in [0.5, 0.6) is 5.75 Å². The van der Waals surface area contributed by atoms with Gasteiger partial charge in [-0.2, -0.15) is 0 Å². The molecule has 1 aromatic carbocycles. The lowest BCUT2D eigenvalue weighted by atomic mass is 10.0. The van der Waals surface area contributed by atoms with Crippen molar-refractivity contribution < 1.29 is 5.11 Å². The molecule has 1 aliphatic heterocycles. The second-order valence-electron chi connectivity index (χ2n) is 6.19. The van der Waals surface area contributed by atoms with Gasteiger partial charge in [-0.05, 0) is 63.0 Å². The number of phenols is 1. The minimum atomic E-state index is 0.212. The fraction of sp³-hybridized carbons (Fsp3) is 0.647. The zero-order chi connectivity index (χ0) is 15.2. The van der Waals surface area contributed by atoms with E-state index in [1.165, 1.54) is 32.5 Å². The molecule has 118 valence electrons. The van der Waals surface area contributed by atoms with E-state index in [-0.39, 0.29) is 6.04 Å². The Labute approximate surface area is 136 Å². The maximum atomic E-state index is 10.1. The number of benzene rings is 1. The van der Waals surface area contributed by atoms with Crippen LogP contribution in [0.1, 0.15) is 44.7 Å². The summed E-state index contributed by atoms with van der Waals surface area (Å²) >= 11 is 3.49. The monoisotopic (exact) mass is 354 g/mol. The maximum absolute atomic E-state index is 10.1. The van der Waals surface area contributed by atoms with E-state index in [0.717, 1.165) is 23.0 Å². The molecular formula is C17H27BrN2O. The van der Waals surface area contributed by atoms with Gasteiger partial charge in [0.2, 0.25) is 0 Å². The standard InChI is InChI=1S/C17H27BrN2O/c1-3-16(15-10-14(18)6-7-17(15)21)19-11-13(2)12-20-8-4-5-9-20/h6-7,10,13,16,19,21H,3-5,8-9,11-12H2,1-2H3. The molecule has 4 heteroatoms. The highest BCUT2D eigenvalue weighted by Crippen LogP contribution is 2.29. The van der Waals surface area contributed by atoms with Gasteiger partial charge < -0.3 is 15.3 Å². The average Bonchev–Trinajstić information content (AvgIpc) is 2.96. The summed E-state index contributed by atoms with van der Waals surface area (Å²) < 4.78 is 1.01. The summed E-state index contributed by atoms with van der Waals surface area (Å²) in [5, 5.41) is 13.7. The van der Waals surface area contributed by atoms with Crippen LogP contribution in [0.3, 0.4) is 0 Å². The molecule has 0 bridgehead atoms. The minimum Gasteiger partial charge on any atom is -0.508 e. The number of hydrogen-bond acceptors (Lipinski definition) is 3. The summed E-state index contributed by atoms with van der Waals surface area (Å²) in [6, 6.07) is 5.86. The van der Waals surface area contributed by atoms with Crippen molar-refractivity contribution in [2.45, 2.75) is 39.2 Å². The smallest absolute Gasteiger partial charge is 0.120 e. The lowest BCUT2D eigenvalue weighted by Gasteiger charge is -2.24. The van der Waals surface area contributed by atoms with E-state index in [2.05, 4.69) is 40.0 Å². The van der Waals surface area contributed by atoms with Crippen LogP contribution < -0.4 is 5.32 Å². The normalized spacial score (nSPS) is 18.8. The van der Waals surface area contributed by atoms with E-state index in [1.807, 2.05) is 12.1 Å². The van der Waals surface area contributed by atoms with E-state index in [4.69, 9.17) is 0 Å².